The quantitative estimate of drug-likeness (QED) is 0.936. The molecule has 1 aromatic carbocycles. The SMILES string of the molecule is COc1cc(Br)cc(-c2ncc(C3CC3)[nH]2)c1. The first-order chi connectivity index (χ1) is 8.26. The minimum Gasteiger partial charge on any atom is -0.497 e. The standard InChI is InChI=1S/C13H13BrN2O/c1-17-11-5-9(4-10(14)6-11)13-15-7-12(16-13)8-2-3-8/h4-8H,2-3H2,1H3,(H,15,16). The first-order valence-corrected chi connectivity index (χ1v) is 6.45. The van der Waals surface area contributed by atoms with Crippen LogP contribution in [0, 0.1) is 0 Å². The number of nitrogens with one attached hydrogen (secondary N) is 1. The minimum absolute atomic E-state index is 0.699. The number of halogens is 1. The number of benzene rings is 1. The van der Waals surface area contributed by atoms with Gasteiger partial charge in [-0.05, 0) is 31.0 Å². The summed E-state index contributed by atoms with van der Waals surface area (Å²) in [6.07, 6.45) is 4.51. The van der Waals surface area contributed by atoms with Crippen LogP contribution < -0.4 is 4.74 Å². The molecule has 17 heavy (non-hydrogen) atoms. The van der Waals surface area contributed by atoms with Crippen molar-refractivity contribution in [1.82, 2.24) is 9.97 Å². The van der Waals surface area contributed by atoms with Gasteiger partial charge in [0, 0.05) is 27.8 Å². The Hall–Kier alpha value is -1.29. The monoisotopic (exact) mass is 292 g/mol. The van der Waals surface area contributed by atoms with Crippen LogP contribution in [0.4, 0.5) is 0 Å². The molecule has 1 aliphatic rings. The Bertz CT molecular complexity index is 546. The summed E-state index contributed by atoms with van der Waals surface area (Å²) in [6, 6.07) is 5.96. The Morgan fingerprint density at radius 2 is 2.18 bits per heavy atom. The molecule has 0 amide bonds. The Morgan fingerprint density at radius 1 is 1.35 bits per heavy atom. The van der Waals surface area contributed by atoms with Crippen molar-refractivity contribution in [2.75, 3.05) is 7.11 Å². The molecule has 1 aliphatic carbocycles. The molecule has 0 spiro atoms. The topological polar surface area (TPSA) is 37.9 Å². The number of nitrogens with zero attached hydrogens (tertiary/aromatic N) is 1. The van der Waals surface area contributed by atoms with Crippen molar-refractivity contribution in [1.29, 1.82) is 0 Å². The van der Waals surface area contributed by atoms with Crippen LogP contribution >= 0.6 is 15.9 Å². The Morgan fingerprint density at radius 3 is 2.88 bits per heavy atom. The van der Waals surface area contributed by atoms with Gasteiger partial charge in [-0.25, -0.2) is 4.98 Å². The smallest absolute Gasteiger partial charge is 0.137 e. The minimum atomic E-state index is 0.699. The maximum absolute atomic E-state index is 5.25. The van der Waals surface area contributed by atoms with Crippen LogP contribution in [0.1, 0.15) is 24.5 Å². The molecule has 1 heterocycles. The van der Waals surface area contributed by atoms with Gasteiger partial charge in [-0.3, -0.25) is 0 Å². The van der Waals surface area contributed by atoms with Crippen LogP contribution in [0.5, 0.6) is 5.75 Å². The molecular formula is C13H13BrN2O. The van der Waals surface area contributed by atoms with E-state index in [4.69, 9.17) is 4.74 Å². The molecule has 0 aliphatic heterocycles. The Kier molecular flexibility index (Phi) is 2.67. The number of hydrogen-bond donors (Lipinski definition) is 1. The summed E-state index contributed by atoms with van der Waals surface area (Å²) in [5, 5.41) is 0. The third-order valence-electron chi connectivity index (χ3n) is 2.99. The highest BCUT2D eigenvalue weighted by Gasteiger charge is 2.25. The Balaban J connectivity index is 1.98. The molecule has 1 saturated carbocycles. The number of aromatic amines is 1. The normalized spacial score (nSPS) is 14.9. The van der Waals surface area contributed by atoms with E-state index < -0.39 is 0 Å². The molecule has 1 fully saturated rings. The highest BCUT2D eigenvalue weighted by Crippen LogP contribution is 2.39. The van der Waals surface area contributed by atoms with E-state index in [1.54, 1.807) is 7.11 Å². The fourth-order valence-electron chi connectivity index (χ4n) is 1.90. The molecule has 1 aromatic heterocycles. The molecule has 88 valence electrons. The van der Waals surface area contributed by atoms with E-state index in [1.165, 1.54) is 18.5 Å². The molecule has 1 N–H and O–H groups in total. The van der Waals surface area contributed by atoms with E-state index in [0.29, 0.717) is 5.92 Å². The molecule has 3 nitrogen and oxygen atoms in total. The lowest BCUT2D eigenvalue weighted by molar-refractivity contribution is 0.414. The second-order valence-corrected chi connectivity index (χ2v) is 5.26. The molecule has 0 atom stereocenters. The average molecular weight is 293 g/mol. The largest absolute Gasteiger partial charge is 0.497 e. The predicted octanol–water partition coefficient (Wildman–Crippen LogP) is 3.73. The van der Waals surface area contributed by atoms with Gasteiger partial charge in [-0.2, -0.15) is 0 Å². The van der Waals surface area contributed by atoms with Crippen molar-refractivity contribution >= 4 is 15.9 Å². The summed E-state index contributed by atoms with van der Waals surface area (Å²) in [5.41, 5.74) is 2.29. The van der Waals surface area contributed by atoms with Gasteiger partial charge in [0.15, 0.2) is 0 Å². The molecule has 0 bridgehead atoms. The summed E-state index contributed by atoms with van der Waals surface area (Å²) in [7, 11) is 1.67. The zero-order valence-corrected chi connectivity index (χ0v) is 11.1. The fourth-order valence-corrected chi connectivity index (χ4v) is 2.37. The number of hydrogen-bond acceptors (Lipinski definition) is 2. The van der Waals surface area contributed by atoms with Crippen LogP contribution in [0.25, 0.3) is 11.4 Å². The predicted molar refractivity (Wildman–Crippen MR) is 70.3 cm³/mol. The maximum atomic E-state index is 5.25. The number of ether oxygens (including phenoxy) is 1. The van der Waals surface area contributed by atoms with Gasteiger partial charge >= 0.3 is 0 Å². The zero-order chi connectivity index (χ0) is 11.8. The van der Waals surface area contributed by atoms with Crippen molar-refractivity contribution in [3.05, 3.63) is 34.6 Å². The van der Waals surface area contributed by atoms with Crippen molar-refractivity contribution in [3.63, 3.8) is 0 Å². The van der Waals surface area contributed by atoms with Gasteiger partial charge < -0.3 is 9.72 Å². The van der Waals surface area contributed by atoms with E-state index >= 15 is 0 Å². The Labute approximate surface area is 108 Å². The van der Waals surface area contributed by atoms with Gasteiger partial charge in [0.1, 0.15) is 11.6 Å². The molecule has 0 radical (unpaired) electrons. The average Bonchev–Trinajstić information content (AvgIpc) is 3.06. The first-order valence-electron chi connectivity index (χ1n) is 5.66. The molecule has 3 rings (SSSR count). The zero-order valence-electron chi connectivity index (χ0n) is 9.53. The first kappa shape index (κ1) is 10.8. The maximum Gasteiger partial charge on any atom is 0.137 e. The van der Waals surface area contributed by atoms with Gasteiger partial charge in [-0.15, -0.1) is 0 Å². The van der Waals surface area contributed by atoms with Crippen LogP contribution in [-0.2, 0) is 0 Å². The summed E-state index contributed by atoms with van der Waals surface area (Å²) in [4.78, 5) is 7.81. The van der Waals surface area contributed by atoms with E-state index in [0.717, 1.165) is 21.6 Å². The third-order valence-corrected chi connectivity index (χ3v) is 3.45. The summed E-state index contributed by atoms with van der Waals surface area (Å²) < 4.78 is 6.25. The van der Waals surface area contributed by atoms with Gasteiger partial charge in [0.05, 0.1) is 7.11 Å². The van der Waals surface area contributed by atoms with Crippen LogP contribution in [0.3, 0.4) is 0 Å². The molecule has 0 saturated heterocycles. The van der Waals surface area contributed by atoms with Crippen LogP contribution in [-0.4, -0.2) is 17.1 Å². The number of methoxy groups -OCH3 is 1. The lowest BCUT2D eigenvalue weighted by Gasteiger charge is -2.03. The van der Waals surface area contributed by atoms with Crippen molar-refractivity contribution in [2.45, 2.75) is 18.8 Å². The van der Waals surface area contributed by atoms with Gasteiger partial charge in [-0.1, -0.05) is 15.9 Å². The van der Waals surface area contributed by atoms with Crippen LogP contribution in [0.2, 0.25) is 0 Å². The van der Waals surface area contributed by atoms with Gasteiger partial charge in [0.2, 0.25) is 0 Å². The highest BCUT2D eigenvalue weighted by molar-refractivity contribution is 9.10. The summed E-state index contributed by atoms with van der Waals surface area (Å²) >= 11 is 3.48. The molecule has 4 heteroatoms. The third kappa shape index (κ3) is 2.22. The molecular weight excluding hydrogens is 280 g/mol. The lowest BCUT2D eigenvalue weighted by Crippen LogP contribution is -1.86. The second-order valence-electron chi connectivity index (χ2n) is 4.34. The number of H-pyrrole nitrogens is 1. The van der Waals surface area contributed by atoms with E-state index in [1.807, 2.05) is 24.4 Å². The van der Waals surface area contributed by atoms with Gasteiger partial charge in [0.25, 0.3) is 0 Å². The van der Waals surface area contributed by atoms with Crippen molar-refractivity contribution < 1.29 is 4.74 Å². The van der Waals surface area contributed by atoms with Crippen molar-refractivity contribution in [2.24, 2.45) is 0 Å². The fraction of sp³-hybridized carbons (Fsp3) is 0.308. The summed E-state index contributed by atoms with van der Waals surface area (Å²) in [5.74, 6) is 2.44. The van der Waals surface area contributed by atoms with Crippen molar-refractivity contribution in [3.8, 4) is 17.1 Å². The second kappa shape index (κ2) is 4.18. The van der Waals surface area contributed by atoms with E-state index in [-0.39, 0.29) is 0 Å². The number of aromatic nitrogens is 2. The van der Waals surface area contributed by atoms with E-state index in [2.05, 4.69) is 25.9 Å². The highest BCUT2D eigenvalue weighted by atomic mass is 79.9. The lowest BCUT2D eigenvalue weighted by atomic mass is 10.2. The molecule has 0 unspecified atom stereocenters. The van der Waals surface area contributed by atoms with Crippen LogP contribution in [0.15, 0.2) is 28.9 Å². The van der Waals surface area contributed by atoms with E-state index in [9.17, 15) is 0 Å². The number of rotatable bonds is 3. The number of imidazole rings is 1. The molecule has 2 aromatic rings. The summed E-state index contributed by atoms with van der Waals surface area (Å²) in [6.45, 7) is 0.